The van der Waals surface area contributed by atoms with Gasteiger partial charge in [0.1, 0.15) is 11.9 Å². The van der Waals surface area contributed by atoms with Gasteiger partial charge >= 0.3 is 6.03 Å². The maximum absolute atomic E-state index is 13.2. The normalized spacial score (nSPS) is 17.2. The lowest BCUT2D eigenvalue weighted by molar-refractivity contribution is -0.143. The van der Waals surface area contributed by atoms with Gasteiger partial charge in [0.05, 0.1) is 0 Å². The highest BCUT2D eigenvalue weighted by molar-refractivity contribution is 5.89. The summed E-state index contributed by atoms with van der Waals surface area (Å²) in [7, 11) is 0. The predicted molar refractivity (Wildman–Crippen MR) is 110 cm³/mol. The van der Waals surface area contributed by atoms with Gasteiger partial charge in [0.15, 0.2) is 0 Å². The van der Waals surface area contributed by atoms with Gasteiger partial charge in [-0.2, -0.15) is 0 Å². The monoisotopic (exact) mass is 448 g/mol. The molecule has 4 rings (SSSR count). The molecular formula is C22H23F3N4O3. The zero-order chi connectivity index (χ0) is 22.7. The van der Waals surface area contributed by atoms with Crippen molar-refractivity contribution in [2.24, 2.45) is 0 Å². The Morgan fingerprint density at radius 3 is 2.34 bits per heavy atom. The fraction of sp³-hybridized carbons (Fsp3) is 0.409. The summed E-state index contributed by atoms with van der Waals surface area (Å²) in [6.07, 6.45) is -1.98. The number of aromatic nitrogens is 1. The van der Waals surface area contributed by atoms with Crippen molar-refractivity contribution in [2.45, 2.75) is 44.6 Å². The number of fused-ring (bicyclic) bond motifs is 1. The van der Waals surface area contributed by atoms with Crippen LogP contribution in [0.15, 0.2) is 42.7 Å². The smallest absolute Gasteiger partial charge is 0.322 e. The summed E-state index contributed by atoms with van der Waals surface area (Å²) in [4.78, 5) is 31.1. The van der Waals surface area contributed by atoms with Crippen LogP contribution < -0.4 is 10.1 Å². The van der Waals surface area contributed by atoms with Crippen LogP contribution >= 0.6 is 0 Å². The lowest BCUT2D eigenvalue weighted by atomic mass is 10.1. The number of ether oxygens (including phenoxy) is 1. The molecule has 0 radical (unpaired) electrons. The summed E-state index contributed by atoms with van der Waals surface area (Å²) >= 11 is 0. The number of piperidine rings is 1. The van der Waals surface area contributed by atoms with Crippen LogP contribution in [0.4, 0.5) is 23.7 Å². The molecule has 7 nitrogen and oxygen atoms in total. The van der Waals surface area contributed by atoms with Crippen molar-refractivity contribution >= 4 is 17.6 Å². The molecule has 2 aromatic rings. The first-order valence-corrected chi connectivity index (χ1v) is 10.4. The van der Waals surface area contributed by atoms with E-state index in [0.717, 1.165) is 16.0 Å². The van der Waals surface area contributed by atoms with Crippen molar-refractivity contribution in [3.63, 3.8) is 0 Å². The summed E-state index contributed by atoms with van der Waals surface area (Å²) in [6, 6.07) is 8.61. The number of anilines is 1. The molecule has 1 aromatic carbocycles. The van der Waals surface area contributed by atoms with E-state index in [9.17, 15) is 22.8 Å². The lowest BCUT2D eigenvalue weighted by Crippen LogP contribution is -2.46. The third-order valence-corrected chi connectivity index (χ3v) is 5.63. The molecule has 0 bridgehead atoms. The van der Waals surface area contributed by atoms with Gasteiger partial charge in [0, 0.05) is 57.1 Å². The zero-order valence-electron chi connectivity index (χ0n) is 17.2. The topological polar surface area (TPSA) is 74.8 Å². The van der Waals surface area contributed by atoms with Crippen LogP contribution in [0.2, 0.25) is 0 Å². The van der Waals surface area contributed by atoms with E-state index in [0.29, 0.717) is 37.4 Å². The molecule has 10 heteroatoms. The van der Waals surface area contributed by atoms with Crippen molar-refractivity contribution < 1.29 is 27.5 Å². The van der Waals surface area contributed by atoms with Crippen molar-refractivity contribution in [2.75, 3.05) is 18.4 Å². The average molecular weight is 448 g/mol. The van der Waals surface area contributed by atoms with E-state index in [1.807, 2.05) is 6.07 Å². The minimum Gasteiger partial charge on any atom is -0.490 e. The van der Waals surface area contributed by atoms with Crippen LogP contribution in [0.3, 0.4) is 0 Å². The summed E-state index contributed by atoms with van der Waals surface area (Å²) in [5.41, 5.74) is 2.75. The molecule has 2 aliphatic rings. The van der Waals surface area contributed by atoms with E-state index >= 15 is 0 Å². The number of hydrogen-bond acceptors (Lipinski definition) is 4. The summed E-state index contributed by atoms with van der Waals surface area (Å²) in [5, 5.41) is 2.86. The molecule has 32 heavy (non-hydrogen) atoms. The first-order valence-electron chi connectivity index (χ1n) is 10.4. The number of urea groups is 1. The Kier molecular flexibility index (Phi) is 6.48. The van der Waals surface area contributed by atoms with Gasteiger partial charge in [-0.1, -0.05) is 0 Å². The standard InChI is InChI=1S/C22H23F3N4O3/c23-19(20(24)25)21(30)28-9-6-18(7-10-28)32-17-3-1-16(2-4-17)27-22(31)29-12-14-5-8-26-11-15(14)13-29/h1-5,8,11,18-20H,6-7,9-10,12-13H2,(H,27,31). The number of carbonyl (C=O) groups excluding carboxylic acids is 2. The van der Waals surface area contributed by atoms with Crippen molar-refractivity contribution in [1.82, 2.24) is 14.8 Å². The van der Waals surface area contributed by atoms with E-state index in [1.54, 1.807) is 41.6 Å². The Morgan fingerprint density at radius 1 is 1.00 bits per heavy atom. The molecule has 170 valence electrons. The number of hydrogen-bond donors (Lipinski definition) is 1. The molecule has 0 spiro atoms. The maximum Gasteiger partial charge on any atom is 0.322 e. The molecule has 1 unspecified atom stereocenters. The van der Waals surface area contributed by atoms with Crippen LogP contribution in [0, 0.1) is 0 Å². The molecule has 3 amide bonds. The summed E-state index contributed by atoms with van der Waals surface area (Å²) in [6.45, 7) is 1.38. The van der Waals surface area contributed by atoms with Crippen molar-refractivity contribution in [1.29, 1.82) is 0 Å². The molecule has 1 fully saturated rings. The largest absolute Gasteiger partial charge is 0.490 e. The van der Waals surface area contributed by atoms with Gasteiger partial charge in [-0.05, 0) is 41.5 Å². The maximum atomic E-state index is 13.2. The Balaban J connectivity index is 1.24. The van der Waals surface area contributed by atoms with E-state index in [-0.39, 0.29) is 25.2 Å². The van der Waals surface area contributed by atoms with Gasteiger partial charge in [-0.15, -0.1) is 0 Å². The van der Waals surface area contributed by atoms with Gasteiger partial charge in [0.25, 0.3) is 12.3 Å². The molecule has 3 heterocycles. The Labute approximate surface area is 183 Å². The Bertz CT molecular complexity index is 940. The minimum atomic E-state index is -3.31. The number of nitrogens with zero attached hydrogens (tertiary/aromatic N) is 3. The molecule has 2 aliphatic heterocycles. The molecule has 1 atom stereocenters. The van der Waals surface area contributed by atoms with Crippen molar-refractivity contribution in [3.8, 4) is 5.75 Å². The second kappa shape index (κ2) is 9.46. The van der Waals surface area contributed by atoms with Crippen LogP contribution in [-0.4, -0.2) is 58.5 Å². The second-order valence-corrected chi connectivity index (χ2v) is 7.83. The fourth-order valence-corrected chi connectivity index (χ4v) is 3.85. The zero-order valence-corrected chi connectivity index (χ0v) is 17.2. The second-order valence-electron chi connectivity index (χ2n) is 7.83. The third-order valence-electron chi connectivity index (χ3n) is 5.63. The predicted octanol–water partition coefficient (Wildman–Crippen LogP) is 3.60. The van der Waals surface area contributed by atoms with Gasteiger partial charge in [-0.25, -0.2) is 18.0 Å². The van der Waals surface area contributed by atoms with Crippen molar-refractivity contribution in [3.05, 3.63) is 53.9 Å². The highest BCUT2D eigenvalue weighted by Gasteiger charge is 2.34. The molecule has 1 N–H and O–H groups in total. The van der Waals surface area contributed by atoms with E-state index in [4.69, 9.17) is 4.74 Å². The number of amides is 3. The number of halogens is 3. The van der Waals surface area contributed by atoms with Crippen LogP contribution in [0.5, 0.6) is 5.75 Å². The molecule has 0 aliphatic carbocycles. The van der Waals surface area contributed by atoms with Gasteiger partial charge in [0.2, 0.25) is 6.17 Å². The number of pyridine rings is 1. The first-order chi connectivity index (χ1) is 15.4. The summed E-state index contributed by atoms with van der Waals surface area (Å²) in [5.74, 6) is -0.584. The number of nitrogens with one attached hydrogen (secondary N) is 1. The fourth-order valence-electron chi connectivity index (χ4n) is 3.85. The third kappa shape index (κ3) is 4.95. The van der Waals surface area contributed by atoms with Gasteiger partial charge in [-0.3, -0.25) is 9.78 Å². The van der Waals surface area contributed by atoms with Crippen LogP contribution in [0.25, 0.3) is 0 Å². The first kappa shape index (κ1) is 21.9. The Hall–Kier alpha value is -3.30. The average Bonchev–Trinajstić information content (AvgIpc) is 3.24. The highest BCUT2D eigenvalue weighted by atomic mass is 19.3. The molecular weight excluding hydrogens is 425 g/mol. The molecule has 1 saturated heterocycles. The van der Waals surface area contributed by atoms with E-state index in [2.05, 4.69) is 10.3 Å². The van der Waals surface area contributed by atoms with E-state index in [1.165, 1.54) is 0 Å². The Morgan fingerprint density at radius 2 is 1.69 bits per heavy atom. The van der Waals surface area contributed by atoms with Crippen LogP contribution in [-0.2, 0) is 17.9 Å². The highest BCUT2D eigenvalue weighted by Crippen LogP contribution is 2.24. The number of alkyl halides is 3. The van der Waals surface area contributed by atoms with Gasteiger partial charge < -0.3 is 19.9 Å². The lowest BCUT2D eigenvalue weighted by Gasteiger charge is -2.32. The molecule has 0 saturated carbocycles. The van der Waals surface area contributed by atoms with E-state index < -0.39 is 18.5 Å². The summed E-state index contributed by atoms with van der Waals surface area (Å²) < 4.78 is 43.9. The van der Waals surface area contributed by atoms with Crippen LogP contribution in [0.1, 0.15) is 24.0 Å². The number of carbonyl (C=O) groups is 2. The number of benzene rings is 1. The quantitative estimate of drug-likeness (QED) is 0.759. The number of likely N-dealkylation sites (tertiary alicyclic amines) is 1. The number of rotatable bonds is 5. The SMILES string of the molecule is O=C(Nc1ccc(OC2CCN(C(=O)C(F)C(F)F)CC2)cc1)N1Cc2ccncc2C1. The minimum absolute atomic E-state index is 0.165. The molecule has 1 aromatic heterocycles.